The molecule has 2 N–H and O–H groups in total. The van der Waals surface area contributed by atoms with Gasteiger partial charge in [0.05, 0.1) is 0 Å². The molecule has 3 atom stereocenters. The van der Waals surface area contributed by atoms with Crippen LogP contribution in [0.5, 0.6) is 0 Å². The van der Waals surface area contributed by atoms with Gasteiger partial charge in [0, 0.05) is 25.0 Å². The van der Waals surface area contributed by atoms with Crippen molar-refractivity contribution >= 4 is 11.7 Å². The van der Waals surface area contributed by atoms with Gasteiger partial charge < -0.3 is 10.6 Å². The molecule has 1 saturated heterocycles. The molecular weight excluding hydrogens is 252 g/mol. The van der Waals surface area contributed by atoms with Crippen LogP contribution in [-0.2, 0) is 0 Å². The zero-order chi connectivity index (χ0) is 14.1. The topological polar surface area (TPSA) is 72.1 Å². The van der Waals surface area contributed by atoms with Gasteiger partial charge in [0.1, 0.15) is 0 Å². The minimum Gasteiger partial charge on any atom is -0.382 e. The third-order valence-electron chi connectivity index (χ3n) is 4.93. The fraction of sp³-hybridized carbons (Fsp3) is 0.667. The number of nitrogen functional groups attached to an aromatic ring is 1. The average molecular weight is 274 g/mol. The first kappa shape index (κ1) is 13.3. The first-order chi connectivity index (χ1) is 9.68. The highest BCUT2D eigenvalue weighted by atomic mass is 16.2. The number of hydrogen-bond acceptors (Lipinski definition) is 4. The maximum atomic E-state index is 12.7. The Hall–Kier alpha value is -1.65. The number of anilines is 1. The van der Waals surface area contributed by atoms with Crippen LogP contribution in [0, 0.1) is 11.8 Å². The highest BCUT2D eigenvalue weighted by Gasteiger charge is 2.40. The van der Waals surface area contributed by atoms with Crippen molar-refractivity contribution in [3.8, 4) is 0 Å². The molecule has 2 aliphatic rings. The zero-order valence-electron chi connectivity index (χ0n) is 12.0. The smallest absolute Gasteiger partial charge is 0.276 e. The zero-order valence-corrected chi connectivity index (χ0v) is 12.0. The molecule has 0 spiro atoms. The molecule has 1 aliphatic heterocycles. The standard InChI is InChI=1S/C15H22N4O/c1-10-6-9-19(12-5-3-2-4-11(10)12)15(20)13-14(16)18-8-7-17-13/h7-8,10-12H,2-6,9H2,1H3,(H2,16,18)/t10-,11-,12+/m1/s1. The predicted molar refractivity (Wildman–Crippen MR) is 77.0 cm³/mol. The predicted octanol–water partition coefficient (Wildman–Crippen LogP) is 2.10. The molecule has 1 aromatic heterocycles. The van der Waals surface area contributed by atoms with E-state index in [1.807, 2.05) is 4.90 Å². The molecule has 0 aromatic carbocycles. The van der Waals surface area contributed by atoms with Gasteiger partial charge in [-0.1, -0.05) is 19.8 Å². The van der Waals surface area contributed by atoms with Gasteiger partial charge in [-0.15, -0.1) is 0 Å². The lowest BCUT2D eigenvalue weighted by Crippen LogP contribution is -2.52. The van der Waals surface area contributed by atoms with E-state index in [9.17, 15) is 4.79 Å². The Bertz CT molecular complexity index is 504. The molecule has 20 heavy (non-hydrogen) atoms. The number of aromatic nitrogens is 2. The fourth-order valence-electron chi connectivity index (χ4n) is 3.82. The van der Waals surface area contributed by atoms with E-state index in [-0.39, 0.29) is 11.7 Å². The first-order valence-corrected chi connectivity index (χ1v) is 7.56. The van der Waals surface area contributed by atoms with E-state index in [2.05, 4.69) is 16.9 Å². The Morgan fingerprint density at radius 1 is 1.25 bits per heavy atom. The van der Waals surface area contributed by atoms with Crippen molar-refractivity contribution in [2.45, 2.75) is 45.1 Å². The SMILES string of the molecule is C[C@@H]1CCN(C(=O)c2nccnc2N)[C@H]2CCCC[C@H]12. The maximum absolute atomic E-state index is 12.7. The normalized spacial score (nSPS) is 29.9. The van der Waals surface area contributed by atoms with Gasteiger partial charge in [0.15, 0.2) is 11.5 Å². The Morgan fingerprint density at radius 2 is 2.00 bits per heavy atom. The van der Waals surface area contributed by atoms with Gasteiger partial charge in [0.25, 0.3) is 5.91 Å². The molecule has 0 unspecified atom stereocenters. The van der Waals surface area contributed by atoms with Gasteiger partial charge in [-0.2, -0.15) is 0 Å². The van der Waals surface area contributed by atoms with Gasteiger partial charge in [-0.3, -0.25) is 4.79 Å². The molecule has 1 amide bonds. The van der Waals surface area contributed by atoms with E-state index in [1.54, 1.807) is 0 Å². The molecule has 1 aliphatic carbocycles. The van der Waals surface area contributed by atoms with Crippen LogP contribution in [0.3, 0.4) is 0 Å². The quantitative estimate of drug-likeness (QED) is 0.851. The van der Waals surface area contributed by atoms with Crippen LogP contribution in [0.15, 0.2) is 12.4 Å². The Labute approximate surface area is 119 Å². The summed E-state index contributed by atoms with van der Waals surface area (Å²) in [5.41, 5.74) is 6.11. The lowest BCUT2D eigenvalue weighted by Gasteiger charge is -2.47. The number of amides is 1. The first-order valence-electron chi connectivity index (χ1n) is 7.56. The van der Waals surface area contributed by atoms with Crippen LogP contribution in [0.4, 0.5) is 5.82 Å². The van der Waals surface area contributed by atoms with Gasteiger partial charge in [0.2, 0.25) is 0 Å². The minimum atomic E-state index is -0.0422. The van der Waals surface area contributed by atoms with Crippen molar-refractivity contribution in [2.75, 3.05) is 12.3 Å². The van der Waals surface area contributed by atoms with E-state index in [1.165, 1.54) is 31.7 Å². The van der Waals surface area contributed by atoms with E-state index >= 15 is 0 Å². The highest BCUT2D eigenvalue weighted by Crippen LogP contribution is 2.39. The average Bonchev–Trinajstić information content (AvgIpc) is 2.48. The monoisotopic (exact) mass is 274 g/mol. The summed E-state index contributed by atoms with van der Waals surface area (Å²) in [6, 6.07) is 0.362. The number of rotatable bonds is 1. The van der Waals surface area contributed by atoms with Crippen molar-refractivity contribution in [3.63, 3.8) is 0 Å². The van der Waals surface area contributed by atoms with Crippen LogP contribution >= 0.6 is 0 Å². The van der Waals surface area contributed by atoms with Crippen molar-refractivity contribution in [3.05, 3.63) is 18.1 Å². The fourth-order valence-corrected chi connectivity index (χ4v) is 3.82. The van der Waals surface area contributed by atoms with E-state index in [0.717, 1.165) is 19.4 Å². The highest BCUT2D eigenvalue weighted by molar-refractivity contribution is 5.96. The number of likely N-dealkylation sites (tertiary alicyclic amines) is 1. The van der Waals surface area contributed by atoms with Gasteiger partial charge >= 0.3 is 0 Å². The van der Waals surface area contributed by atoms with Crippen molar-refractivity contribution < 1.29 is 4.79 Å². The summed E-state index contributed by atoms with van der Waals surface area (Å²) in [5.74, 6) is 1.55. The van der Waals surface area contributed by atoms with Crippen LogP contribution in [0.25, 0.3) is 0 Å². The number of fused-ring (bicyclic) bond motifs is 1. The maximum Gasteiger partial charge on any atom is 0.276 e. The Balaban J connectivity index is 1.85. The molecule has 1 saturated carbocycles. The van der Waals surface area contributed by atoms with Crippen molar-refractivity contribution in [1.82, 2.24) is 14.9 Å². The Kier molecular flexibility index (Phi) is 3.59. The van der Waals surface area contributed by atoms with E-state index in [4.69, 9.17) is 5.73 Å². The number of carbonyl (C=O) groups excluding carboxylic acids is 1. The second kappa shape index (κ2) is 5.38. The summed E-state index contributed by atoms with van der Waals surface area (Å²) < 4.78 is 0. The molecular formula is C15H22N4O. The lowest BCUT2D eigenvalue weighted by molar-refractivity contribution is 0.0214. The summed E-state index contributed by atoms with van der Waals surface area (Å²) >= 11 is 0. The summed E-state index contributed by atoms with van der Waals surface area (Å²) in [5, 5.41) is 0. The second-order valence-corrected chi connectivity index (χ2v) is 6.07. The number of piperidine rings is 1. The molecule has 3 rings (SSSR count). The number of nitrogens with two attached hydrogens (primary N) is 1. The Morgan fingerprint density at radius 3 is 2.80 bits per heavy atom. The summed E-state index contributed by atoms with van der Waals surface area (Å²) in [4.78, 5) is 22.8. The molecule has 5 heteroatoms. The number of carbonyl (C=O) groups is 1. The molecule has 2 fully saturated rings. The second-order valence-electron chi connectivity index (χ2n) is 6.07. The van der Waals surface area contributed by atoms with E-state index < -0.39 is 0 Å². The minimum absolute atomic E-state index is 0.0422. The summed E-state index contributed by atoms with van der Waals surface area (Å²) in [6.45, 7) is 3.14. The van der Waals surface area contributed by atoms with Crippen LogP contribution in [-0.4, -0.2) is 33.4 Å². The number of hydrogen-bond donors (Lipinski definition) is 1. The van der Waals surface area contributed by atoms with E-state index in [0.29, 0.717) is 23.6 Å². The van der Waals surface area contributed by atoms with Gasteiger partial charge in [-0.25, -0.2) is 9.97 Å². The molecule has 108 valence electrons. The molecule has 1 aromatic rings. The van der Waals surface area contributed by atoms with Crippen LogP contribution < -0.4 is 5.73 Å². The largest absolute Gasteiger partial charge is 0.382 e. The third-order valence-corrected chi connectivity index (χ3v) is 4.93. The summed E-state index contributed by atoms with van der Waals surface area (Å²) in [7, 11) is 0. The molecule has 0 radical (unpaired) electrons. The van der Waals surface area contributed by atoms with Crippen LogP contribution in [0.1, 0.15) is 49.5 Å². The molecule has 5 nitrogen and oxygen atoms in total. The van der Waals surface area contributed by atoms with Gasteiger partial charge in [-0.05, 0) is 31.1 Å². The number of nitrogens with zero attached hydrogens (tertiary/aromatic N) is 3. The summed E-state index contributed by atoms with van der Waals surface area (Å²) in [6.07, 6.45) is 9.00. The third kappa shape index (κ3) is 2.25. The molecule has 0 bridgehead atoms. The molecule has 2 heterocycles. The van der Waals surface area contributed by atoms with Crippen molar-refractivity contribution in [2.24, 2.45) is 11.8 Å². The van der Waals surface area contributed by atoms with Crippen LogP contribution in [0.2, 0.25) is 0 Å². The van der Waals surface area contributed by atoms with Crippen molar-refractivity contribution in [1.29, 1.82) is 0 Å². The lowest BCUT2D eigenvalue weighted by atomic mass is 9.72.